The predicted molar refractivity (Wildman–Crippen MR) is 58.7 cm³/mol. The molecule has 0 atom stereocenters. The molecule has 80 valence electrons. The number of hydrogen-bond acceptors (Lipinski definition) is 2. The average molecular weight is 204 g/mol. The molecule has 0 aromatic carbocycles. The third-order valence-electron chi connectivity index (χ3n) is 2.58. The lowest BCUT2D eigenvalue weighted by atomic mass is 10.3. The van der Waals surface area contributed by atoms with Gasteiger partial charge in [-0.15, -0.1) is 0 Å². The Kier molecular flexibility index (Phi) is 2.34. The molecule has 0 aliphatic rings. The molecule has 0 unspecified atom stereocenters. The van der Waals surface area contributed by atoms with Crippen molar-refractivity contribution >= 4 is 0 Å². The molecule has 0 fully saturated rings. The van der Waals surface area contributed by atoms with Crippen LogP contribution in [0.2, 0.25) is 0 Å². The van der Waals surface area contributed by atoms with Gasteiger partial charge < -0.3 is 0 Å². The van der Waals surface area contributed by atoms with Gasteiger partial charge in [0.05, 0.1) is 17.9 Å². The average Bonchev–Trinajstić information content (AvgIpc) is 2.59. The van der Waals surface area contributed by atoms with Crippen LogP contribution in [0.15, 0.2) is 12.1 Å². The van der Waals surface area contributed by atoms with Gasteiger partial charge in [-0.2, -0.15) is 10.2 Å². The van der Waals surface area contributed by atoms with E-state index in [1.165, 1.54) is 11.4 Å². The van der Waals surface area contributed by atoms with Gasteiger partial charge in [0.1, 0.15) is 0 Å². The van der Waals surface area contributed by atoms with E-state index in [1.807, 2.05) is 23.3 Å². The SMILES string of the molecule is Cc1cc(C)n(Cc2cc(C)n(C)n2)n1. The highest BCUT2D eigenvalue weighted by Gasteiger charge is 2.05. The highest BCUT2D eigenvalue weighted by molar-refractivity contribution is 5.12. The smallest absolute Gasteiger partial charge is 0.0853 e. The lowest BCUT2D eigenvalue weighted by Gasteiger charge is -2.00. The summed E-state index contributed by atoms with van der Waals surface area (Å²) in [5.74, 6) is 0. The maximum Gasteiger partial charge on any atom is 0.0853 e. The van der Waals surface area contributed by atoms with Gasteiger partial charge in [-0.1, -0.05) is 0 Å². The lowest BCUT2D eigenvalue weighted by molar-refractivity contribution is 0.628. The van der Waals surface area contributed by atoms with Crippen molar-refractivity contribution in [2.45, 2.75) is 27.3 Å². The number of aryl methyl sites for hydroxylation is 4. The molecule has 0 radical (unpaired) electrons. The molecule has 2 aromatic heterocycles. The fourth-order valence-corrected chi connectivity index (χ4v) is 1.70. The summed E-state index contributed by atoms with van der Waals surface area (Å²) in [6, 6.07) is 4.17. The molecule has 4 heteroatoms. The van der Waals surface area contributed by atoms with Gasteiger partial charge in [0.15, 0.2) is 0 Å². The molecule has 0 bridgehead atoms. The number of rotatable bonds is 2. The van der Waals surface area contributed by atoms with E-state index in [2.05, 4.69) is 36.2 Å². The van der Waals surface area contributed by atoms with Gasteiger partial charge in [-0.25, -0.2) is 0 Å². The molecule has 15 heavy (non-hydrogen) atoms. The van der Waals surface area contributed by atoms with Crippen molar-refractivity contribution in [2.24, 2.45) is 7.05 Å². The van der Waals surface area contributed by atoms with Crippen LogP contribution in [0.25, 0.3) is 0 Å². The second-order valence-corrected chi connectivity index (χ2v) is 3.99. The molecule has 0 amide bonds. The first-order valence-corrected chi connectivity index (χ1v) is 5.07. The van der Waals surface area contributed by atoms with E-state index in [1.54, 1.807) is 0 Å². The fourth-order valence-electron chi connectivity index (χ4n) is 1.70. The standard InChI is InChI=1S/C11H16N4/c1-8-5-10(3)15(12-8)7-11-6-9(2)14(4)13-11/h5-6H,7H2,1-4H3. The van der Waals surface area contributed by atoms with E-state index in [9.17, 15) is 0 Å². The summed E-state index contributed by atoms with van der Waals surface area (Å²) in [6.07, 6.45) is 0. The summed E-state index contributed by atoms with van der Waals surface area (Å²) in [6.45, 7) is 6.88. The Balaban J connectivity index is 2.25. The number of hydrogen-bond donors (Lipinski definition) is 0. The first-order valence-electron chi connectivity index (χ1n) is 5.07. The third-order valence-corrected chi connectivity index (χ3v) is 2.58. The molecule has 0 spiro atoms. The normalized spacial score (nSPS) is 10.9. The molecule has 4 nitrogen and oxygen atoms in total. The molecule has 0 saturated heterocycles. The van der Waals surface area contributed by atoms with E-state index >= 15 is 0 Å². The zero-order valence-corrected chi connectivity index (χ0v) is 9.65. The van der Waals surface area contributed by atoms with Crippen molar-refractivity contribution in [3.63, 3.8) is 0 Å². The summed E-state index contributed by atoms with van der Waals surface area (Å²) in [5, 5.41) is 8.82. The van der Waals surface area contributed by atoms with Gasteiger partial charge in [-0.3, -0.25) is 9.36 Å². The van der Waals surface area contributed by atoms with Crippen molar-refractivity contribution in [1.82, 2.24) is 19.6 Å². The van der Waals surface area contributed by atoms with Crippen LogP contribution in [0.1, 0.15) is 22.8 Å². The van der Waals surface area contributed by atoms with Crippen LogP contribution in [0, 0.1) is 20.8 Å². The molecule has 2 rings (SSSR count). The highest BCUT2D eigenvalue weighted by Crippen LogP contribution is 2.07. The molecule has 0 saturated carbocycles. The van der Waals surface area contributed by atoms with Gasteiger partial charge in [0.25, 0.3) is 0 Å². The number of aromatic nitrogens is 4. The summed E-state index contributed by atoms with van der Waals surface area (Å²) in [7, 11) is 1.96. The Labute approximate surface area is 89.5 Å². The van der Waals surface area contributed by atoms with Crippen molar-refractivity contribution in [3.05, 3.63) is 34.9 Å². The first-order chi connectivity index (χ1) is 7.06. The van der Waals surface area contributed by atoms with E-state index in [4.69, 9.17) is 0 Å². The van der Waals surface area contributed by atoms with Crippen LogP contribution in [0.5, 0.6) is 0 Å². The zero-order valence-electron chi connectivity index (χ0n) is 9.65. The topological polar surface area (TPSA) is 35.6 Å². The molecular weight excluding hydrogens is 188 g/mol. The van der Waals surface area contributed by atoms with Crippen molar-refractivity contribution in [2.75, 3.05) is 0 Å². The zero-order chi connectivity index (χ0) is 11.0. The van der Waals surface area contributed by atoms with Gasteiger partial charge in [-0.05, 0) is 32.9 Å². The van der Waals surface area contributed by atoms with Crippen molar-refractivity contribution in [1.29, 1.82) is 0 Å². The minimum absolute atomic E-state index is 0.751. The molecule has 0 aliphatic carbocycles. The van der Waals surface area contributed by atoms with Gasteiger partial charge in [0, 0.05) is 18.4 Å². The molecular formula is C11H16N4. The molecule has 2 aromatic rings. The van der Waals surface area contributed by atoms with Crippen LogP contribution < -0.4 is 0 Å². The lowest BCUT2D eigenvalue weighted by Crippen LogP contribution is -2.05. The minimum atomic E-state index is 0.751. The number of nitrogens with zero attached hydrogens (tertiary/aromatic N) is 4. The Hall–Kier alpha value is -1.58. The Morgan fingerprint density at radius 1 is 1.07 bits per heavy atom. The highest BCUT2D eigenvalue weighted by atomic mass is 15.3. The van der Waals surface area contributed by atoms with Gasteiger partial charge >= 0.3 is 0 Å². The molecule has 0 aliphatic heterocycles. The van der Waals surface area contributed by atoms with E-state index in [0.29, 0.717) is 0 Å². The van der Waals surface area contributed by atoms with Crippen molar-refractivity contribution < 1.29 is 0 Å². The summed E-state index contributed by atoms with van der Waals surface area (Å²) >= 11 is 0. The summed E-state index contributed by atoms with van der Waals surface area (Å²) in [5.41, 5.74) is 4.46. The van der Waals surface area contributed by atoms with Crippen LogP contribution in [0.3, 0.4) is 0 Å². The third kappa shape index (κ3) is 1.93. The molecule has 2 heterocycles. The quantitative estimate of drug-likeness (QED) is 0.744. The fraction of sp³-hybridized carbons (Fsp3) is 0.455. The molecule has 0 N–H and O–H groups in total. The van der Waals surface area contributed by atoms with Crippen LogP contribution in [0.4, 0.5) is 0 Å². The Bertz CT molecular complexity index is 459. The largest absolute Gasteiger partial charge is 0.273 e. The van der Waals surface area contributed by atoms with Crippen molar-refractivity contribution in [3.8, 4) is 0 Å². The van der Waals surface area contributed by atoms with Crippen LogP contribution in [-0.2, 0) is 13.6 Å². The Morgan fingerprint density at radius 2 is 1.80 bits per heavy atom. The van der Waals surface area contributed by atoms with E-state index in [0.717, 1.165) is 17.9 Å². The maximum atomic E-state index is 4.41. The maximum absolute atomic E-state index is 4.41. The summed E-state index contributed by atoms with van der Waals surface area (Å²) < 4.78 is 3.87. The second-order valence-electron chi connectivity index (χ2n) is 3.99. The van der Waals surface area contributed by atoms with E-state index in [-0.39, 0.29) is 0 Å². The second kappa shape index (κ2) is 3.53. The summed E-state index contributed by atoms with van der Waals surface area (Å²) in [4.78, 5) is 0. The van der Waals surface area contributed by atoms with Gasteiger partial charge in [0.2, 0.25) is 0 Å². The van der Waals surface area contributed by atoms with E-state index < -0.39 is 0 Å². The van der Waals surface area contributed by atoms with Crippen LogP contribution in [-0.4, -0.2) is 19.6 Å². The minimum Gasteiger partial charge on any atom is -0.273 e. The predicted octanol–water partition coefficient (Wildman–Crippen LogP) is 1.59. The first kappa shape index (κ1) is 9.96. The Morgan fingerprint density at radius 3 is 2.27 bits per heavy atom. The monoisotopic (exact) mass is 204 g/mol. The van der Waals surface area contributed by atoms with Crippen LogP contribution >= 0.6 is 0 Å².